The number of phenols is 1. The summed E-state index contributed by atoms with van der Waals surface area (Å²) >= 11 is 0. The van der Waals surface area contributed by atoms with Crippen molar-refractivity contribution in [3.05, 3.63) is 48.3 Å². The van der Waals surface area contributed by atoms with Crippen molar-refractivity contribution in [3.63, 3.8) is 0 Å². The van der Waals surface area contributed by atoms with Crippen LogP contribution in [-0.4, -0.2) is 22.2 Å². The van der Waals surface area contributed by atoms with Gasteiger partial charge in [0, 0.05) is 11.5 Å². The molecule has 3 aromatic rings. The molecule has 0 bridgehead atoms. The number of halogens is 2. The predicted molar refractivity (Wildman–Crippen MR) is 77.4 cm³/mol. The zero-order valence-corrected chi connectivity index (χ0v) is 11.5. The molecule has 1 aromatic heterocycles. The minimum absolute atomic E-state index is 0.0599. The van der Waals surface area contributed by atoms with Crippen LogP contribution in [0, 0.1) is 11.6 Å². The number of rotatable bonds is 3. The van der Waals surface area contributed by atoms with Crippen molar-refractivity contribution >= 4 is 22.4 Å². The van der Waals surface area contributed by atoms with Crippen molar-refractivity contribution in [2.24, 2.45) is 0 Å². The molecule has 0 atom stereocenters. The molecule has 2 aromatic carbocycles. The van der Waals surface area contributed by atoms with E-state index in [1.807, 2.05) is 0 Å². The number of ether oxygens (including phenoxy) is 1. The number of methoxy groups -OCH3 is 1. The molecular formula is C15H11F2N3O2. The Morgan fingerprint density at radius 1 is 1.18 bits per heavy atom. The Morgan fingerprint density at radius 3 is 2.77 bits per heavy atom. The van der Waals surface area contributed by atoms with Gasteiger partial charge in [0.05, 0.1) is 18.3 Å². The molecule has 112 valence electrons. The summed E-state index contributed by atoms with van der Waals surface area (Å²) in [6.07, 6.45) is 1.28. The van der Waals surface area contributed by atoms with Crippen LogP contribution < -0.4 is 10.1 Å². The summed E-state index contributed by atoms with van der Waals surface area (Å²) in [6, 6.07) is 6.71. The van der Waals surface area contributed by atoms with Crippen LogP contribution in [0.1, 0.15) is 0 Å². The van der Waals surface area contributed by atoms with Crippen LogP contribution in [0.3, 0.4) is 0 Å². The molecule has 0 aliphatic rings. The van der Waals surface area contributed by atoms with E-state index in [0.29, 0.717) is 10.9 Å². The number of aromatic hydroxyl groups is 1. The van der Waals surface area contributed by atoms with Crippen LogP contribution in [0.4, 0.5) is 20.3 Å². The molecule has 0 amide bonds. The molecule has 0 spiro atoms. The van der Waals surface area contributed by atoms with Crippen molar-refractivity contribution in [2.45, 2.75) is 0 Å². The van der Waals surface area contributed by atoms with E-state index < -0.39 is 11.6 Å². The topological polar surface area (TPSA) is 67.3 Å². The summed E-state index contributed by atoms with van der Waals surface area (Å²) in [4.78, 5) is 8.07. The lowest BCUT2D eigenvalue weighted by Crippen LogP contribution is -2.00. The van der Waals surface area contributed by atoms with E-state index in [0.717, 1.165) is 6.07 Å². The maximum Gasteiger partial charge on any atom is 0.182 e. The predicted octanol–water partition coefficient (Wildman–Crippen LogP) is 3.37. The zero-order valence-electron chi connectivity index (χ0n) is 11.5. The first-order chi connectivity index (χ1) is 10.6. The fourth-order valence-corrected chi connectivity index (χ4v) is 2.06. The van der Waals surface area contributed by atoms with Gasteiger partial charge in [0.1, 0.15) is 12.1 Å². The molecule has 3 rings (SSSR count). The number of hydrogen-bond acceptors (Lipinski definition) is 5. The van der Waals surface area contributed by atoms with Crippen molar-refractivity contribution < 1.29 is 18.6 Å². The molecule has 0 saturated heterocycles. The van der Waals surface area contributed by atoms with Gasteiger partial charge in [0.2, 0.25) is 0 Å². The summed E-state index contributed by atoms with van der Waals surface area (Å²) in [6.45, 7) is 0. The van der Waals surface area contributed by atoms with Gasteiger partial charge in [0.15, 0.2) is 23.1 Å². The number of nitrogens with one attached hydrogen (secondary N) is 1. The molecule has 0 radical (unpaired) electrons. The minimum Gasteiger partial charge on any atom is -0.504 e. The summed E-state index contributed by atoms with van der Waals surface area (Å²) < 4.78 is 32.0. The highest BCUT2D eigenvalue weighted by atomic mass is 19.2. The zero-order chi connectivity index (χ0) is 15.7. The highest BCUT2D eigenvalue weighted by Gasteiger charge is 2.12. The third-order valence-electron chi connectivity index (χ3n) is 3.14. The number of anilines is 2. The number of benzene rings is 2. The molecule has 0 unspecified atom stereocenters. The van der Waals surface area contributed by atoms with Gasteiger partial charge in [-0.1, -0.05) is 6.07 Å². The van der Waals surface area contributed by atoms with Gasteiger partial charge in [-0.3, -0.25) is 0 Å². The van der Waals surface area contributed by atoms with Gasteiger partial charge in [-0.25, -0.2) is 18.7 Å². The normalized spacial score (nSPS) is 10.7. The number of aromatic nitrogens is 2. The van der Waals surface area contributed by atoms with Crippen LogP contribution in [0.15, 0.2) is 36.7 Å². The molecule has 0 fully saturated rings. The lowest BCUT2D eigenvalue weighted by atomic mass is 10.2. The first kappa shape index (κ1) is 14.0. The van der Waals surface area contributed by atoms with E-state index in [1.165, 1.54) is 37.7 Å². The summed E-state index contributed by atoms with van der Waals surface area (Å²) in [5, 5.41) is 13.0. The smallest absolute Gasteiger partial charge is 0.182 e. The highest BCUT2D eigenvalue weighted by molar-refractivity contribution is 5.92. The monoisotopic (exact) mass is 303 g/mol. The lowest BCUT2D eigenvalue weighted by Gasteiger charge is -2.11. The second-order valence-electron chi connectivity index (χ2n) is 4.49. The third kappa shape index (κ3) is 2.37. The van der Waals surface area contributed by atoms with Crippen molar-refractivity contribution in [2.75, 3.05) is 12.4 Å². The van der Waals surface area contributed by atoms with Gasteiger partial charge in [-0.05, 0) is 18.2 Å². The summed E-state index contributed by atoms with van der Waals surface area (Å²) in [5.41, 5.74) is 0.430. The standard InChI is InChI=1S/C15H11F2N3O2/c1-22-13-6-11-8(5-12(13)21)15(19-7-18-11)20-10-4-2-3-9(16)14(10)17/h2-7,21H,1H3,(H,18,19,20). The van der Waals surface area contributed by atoms with Gasteiger partial charge in [-0.15, -0.1) is 0 Å². The van der Waals surface area contributed by atoms with E-state index in [-0.39, 0.29) is 23.0 Å². The molecule has 0 aliphatic carbocycles. The Balaban J connectivity index is 2.11. The van der Waals surface area contributed by atoms with E-state index in [4.69, 9.17) is 4.74 Å². The first-order valence-electron chi connectivity index (χ1n) is 6.33. The molecule has 2 N–H and O–H groups in total. The second-order valence-corrected chi connectivity index (χ2v) is 4.49. The fourth-order valence-electron chi connectivity index (χ4n) is 2.06. The van der Waals surface area contributed by atoms with Gasteiger partial charge >= 0.3 is 0 Å². The van der Waals surface area contributed by atoms with Crippen LogP contribution in [0.5, 0.6) is 11.5 Å². The van der Waals surface area contributed by atoms with Crippen molar-refractivity contribution in [1.82, 2.24) is 9.97 Å². The SMILES string of the molecule is COc1cc2ncnc(Nc3cccc(F)c3F)c2cc1O. The molecule has 0 aliphatic heterocycles. The number of phenolic OH excluding ortho intramolecular Hbond substituents is 1. The van der Waals surface area contributed by atoms with Crippen LogP contribution in [-0.2, 0) is 0 Å². The van der Waals surface area contributed by atoms with Crippen LogP contribution in [0.2, 0.25) is 0 Å². The average molecular weight is 303 g/mol. The quantitative estimate of drug-likeness (QED) is 0.776. The molecule has 22 heavy (non-hydrogen) atoms. The number of nitrogens with zero attached hydrogens (tertiary/aromatic N) is 2. The Labute approximate surface area is 124 Å². The minimum atomic E-state index is -1.01. The Morgan fingerprint density at radius 2 is 2.00 bits per heavy atom. The molecule has 1 heterocycles. The Kier molecular flexibility index (Phi) is 3.46. The van der Waals surface area contributed by atoms with Gasteiger partial charge < -0.3 is 15.2 Å². The van der Waals surface area contributed by atoms with E-state index in [2.05, 4.69) is 15.3 Å². The Bertz CT molecular complexity index is 856. The number of hydrogen-bond donors (Lipinski definition) is 2. The van der Waals surface area contributed by atoms with E-state index >= 15 is 0 Å². The summed E-state index contributed by atoms with van der Waals surface area (Å²) in [7, 11) is 1.42. The van der Waals surface area contributed by atoms with Crippen LogP contribution >= 0.6 is 0 Å². The lowest BCUT2D eigenvalue weighted by molar-refractivity contribution is 0.374. The van der Waals surface area contributed by atoms with E-state index in [1.54, 1.807) is 0 Å². The number of fused-ring (bicyclic) bond motifs is 1. The van der Waals surface area contributed by atoms with Gasteiger partial charge in [-0.2, -0.15) is 0 Å². The molecule has 7 heteroatoms. The summed E-state index contributed by atoms with van der Waals surface area (Å²) in [5.74, 6) is -1.58. The maximum absolute atomic E-state index is 13.7. The van der Waals surface area contributed by atoms with Crippen molar-refractivity contribution in [1.29, 1.82) is 0 Å². The molecule has 0 saturated carbocycles. The second kappa shape index (κ2) is 5.44. The van der Waals surface area contributed by atoms with Crippen molar-refractivity contribution in [3.8, 4) is 11.5 Å². The third-order valence-corrected chi connectivity index (χ3v) is 3.14. The van der Waals surface area contributed by atoms with Gasteiger partial charge in [0.25, 0.3) is 0 Å². The maximum atomic E-state index is 13.7. The Hall–Kier alpha value is -2.96. The fraction of sp³-hybridized carbons (Fsp3) is 0.0667. The highest BCUT2D eigenvalue weighted by Crippen LogP contribution is 2.33. The molecule has 5 nitrogen and oxygen atoms in total. The van der Waals surface area contributed by atoms with Crippen LogP contribution in [0.25, 0.3) is 10.9 Å². The molecular weight excluding hydrogens is 292 g/mol. The largest absolute Gasteiger partial charge is 0.504 e. The first-order valence-corrected chi connectivity index (χ1v) is 6.33. The average Bonchev–Trinajstić information content (AvgIpc) is 2.52. The van der Waals surface area contributed by atoms with E-state index in [9.17, 15) is 13.9 Å².